The first-order chi connectivity index (χ1) is 33.6. The molecule has 9 N–H and O–H groups in total. The maximum atomic E-state index is 13.2. The number of aliphatic hydroxyl groups is 8. The molecule has 2 fully saturated rings. The van der Waals surface area contributed by atoms with E-state index in [9.17, 15) is 45.6 Å². The van der Waals surface area contributed by atoms with Crippen LogP contribution in [0.5, 0.6) is 0 Å². The number of carbonyl (C=O) groups is 1. The molecular formula is C55H103NO13. The molecule has 0 aliphatic carbocycles. The van der Waals surface area contributed by atoms with Crippen molar-refractivity contribution in [3.05, 3.63) is 24.3 Å². The molecule has 1 amide bonds. The first-order valence-corrected chi connectivity index (χ1v) is 28.1. The lowest BCUT2D eigenvalue weighted by atomic mass is 9.97. The Labute approximate surface area is 418 Å². The van der Waals surface area contributed by atoms with Gasteiger partial charge in [0.15, 0.2) is 12.6 Å². The molecule has 0 spiro atoms. The molecule has 0 bridgehead atoms. The first kappa shape index (κ1) is 63.6. The monoisotopic (exact) mass is 986 g/mol. The number of unbranched alkanes of at least 4 members (excludes halogenated alkanes) is 29. The second kappa shape index (κ2) is 41.9. The summed E-state index contributed by atoms with van der Waals surface area (Å²) in [5, 5.41) is 86.9. The zero-order valence-electron chi connectivity index (χ0n) is 43.3. The van der Waals surface area contributed by atoms with E-state index in [0.29, 0.717) is 12.8 Å². The lowest BCUT2D eigenvalue weighted by Gasteiger charge is -2.46. The number of hydrogen-bond donors (Lipinski definition) is 9. The van der Waals surface area contributed by atoms with Crippen LogP contribution in [0.3, 0.4) is 0 Å². The summed E-state index contributed by atoms with van der Waals surface area (Å²) in [6.07, 6.45) is 30.7. The highest BCUT2D eigenvalue weighted by Gasteiger charge is 2.51. The van der Waals surface area contributed by atoms with Crippen molar-refractivity contribution in [1.82, 2.24) is 5.32 Å². The number of nitrogens with one attached hydrogen (secondary N) is 1. The van der Waals surface area contributed by atoms with Crippen molar-refractivity contribution in [3.63, 3.8) is 0 Å². The molecule has 2 aliphatic heterocycles. The second-order valence-corrected chi connectivity index (χ2v) is 20.1. The molecule has 2 heterocycles. The minimum Gasteiger partial charge on any atom is -0.394 e. The average molecular weight is 986 g/mol. The van der Waals surface area contributed by atoms with Crippen LogP contribution < -0.4 is 5.32 Å². The minimum atomic E-state index is -1.79. The number of rotatable bonds is 44. The fourth-order valence-electron chi connectivity index (χ4n) is 9.31. The van der Waals surface area contributed by atoms with Crippen molar-refractivity contribution < 1.29 is 64.6 Å². The van der Waals surface area contributed by atoms with Gasteiger partial charge in [-0.2, -0.15) is 0 Å². The van der Waals surface area contributed by atoms with Crippen molar-refractivity contribution in [2.45, 2.75) is 299 Å². The first-order valence-electron chi connectivity index (χ1n) is 28.1. The van der Waals surface area contributed by atoms with Crippen LogP contribution in [-0.4, -0.2) is 140 Å². The van der Waals surface area contributed by atoms with Gasteiger partial charge in [0, 0.05) is 6.42 Å². The Kier molecular flexibility index (Phi) is 38.6. The molecule has 14 heteroatoms. The third-order valence-corrected chi connectivity index (χ3v) is 13.9. The Morgan fingerprint density at radius 3 is 1.42 bits per heavy atom. The van der Waals surface area contributed by atoms with Crippen LogP contribution in [0.4, 0.5) is 0 Å². The molecule has 0 aromatic rings. The predicted octanol–water partition coefficient (Wildman–Crippen LogP) is 8.50. The number of amides is 1. The van der Waals surface area contributed by atoms with Gasteiger partial charge in [0.2, 0.25) is 5.91 Å². The summed E-state index contributed by atoms with van der Waals surface area (Å²) >= 11 is 0. The molecule has 69 heavy (non-hydrogen) atoms. The highest BCUT2D eigenvalue weighted by atomic mass is 16.7. The fourth-order valence-corrected chi connectivity index (χ4v) is 9.31. The molecule has 2 saturated heterocycles. The van der Waals surface area contributed by atoms with Gasteiger partial charge in [0.25, 0.3) is 0 Å². The van der Waals surface area contributed by atoms with E-state index in [0.717, 1.165) is 32.1 Å². The lowest BCUT2D eigenvalue weighted by Crippen LogP contribution is -2.65. The van der Waals surface area contributed by atoms with Crippen molar-refractivity contribution in [3.8, 4) is 0 Å². The smallest absolute Gasteiger partial charge is 0.220 e. The quantitative estimate of drug-likeness (QED) is 0.0206. The zero-order chi connectivity index (χ0) is 50.3. The largest absolute Gasteiger partial charge is 0.394 e. The van der Waals surface area contributed by atoms with E-state index in [4.69, 9.17) is 18.9 Å². The topological polar surface area (TPSA) is 228 Å². The highest BCUT2D eigenvalue weighted by Crippen LogP contribution is 2.30. The second-order valence-electron chi connectivity index (χ2n) is 20.1. The molecule has 12 unspecified atom stereocenters. The fraction of sp³-hybridized carbons (Fsp3) is 0.909. The molecule has 0 radical (unpaired) electrons. The van der Waals surface area contributed by atoms with Crippen LogP contribution in [0.15, 0.2) is 24.3 Å². The molecular weight excluding hydrogens is 883 g/mol. The van der Waals surface area contributed by atoms with Gasteiger partial charge in [-0.25, -0.2) is 0 Å². The number of allylic oxidation sites excluding steroid dienone is 3. The maximum absolute atomic E-state index is 13.2. The maximum Gasteiger partial charge on any atom is 0.220 e. The summed E-state index contributed by atoms with van der Waals surface area (Å²) in [7, 11) is 0. The van der Waals surface area contributed by atoms with Crippen LogP contribution >= 0.6 is 0 Å². The van der Waals surface area contributed by atoms with E-state index < -0.39 is 86.8 Å². The van der Waals surface area contributed by atoms with E-state index in [1.165, 1.54) is 161 Å². The summed E-state index contributed by atoms with van der Waals surface area (Å²) in [5.74, 6) is -0.246. The molecule has 0 aromatic carbocycles. The Morgan fingerprint density at radius 1 is 0.507 bits per heavy atom. The van der Waals surface area contributed by atoms with Gasteiger partial charge >= 0.3 is 0 Å². The molecule has 0 aromatic heterocycles. The Hall–Kier alpha value is -1.53. The number of aliphatic hydroxyl groups excluding tert-OH is 8. The minimum absolute atomic E-state index is 0.246. The van der Waals surface area contributed by atoms with Crippen LogP contribution in [0.2, 0.25) is 0 Å². The SMILES string of the molecule is CCCCCCCCCCCCCCC/C=C/CC/C=C/C(O)C(COC1OC(CO)C(OC2OC(CO)C(O)C(O)C2O)C(O)C1O)NC(=O)CCCCCCCCCCCCCCCCCC. The summed E-state index contributed by atoms with van der Waals surface area (Å²) in [6.45, 7) is 2.79. The van der Waals surface area contributed by atoms with E-state index in [2.05, 4.69) is 31.3 Å². The van der Waals surface area contributed by atoms with E-state index in [-0.39, 0.29) is 18.9 Å². The van der Waals surface area contributed by atoms with Gasteiger partial charge in [0.05, 0.1) is 32.0 Å². The average Bonchev–Trinajstić information content (AvgIpc) is 3.35. The Morgan fingerprint density at radius 2 is 0.928 bits per heavy atom. The van der Waals surface area contributed by atoms with Crippen molar-refractivity contribution >= 4 is 5.91 Å². The highest BCUT2D eigenvalue weighted by molar-refractivity contribution is 5.76. The summed E-state index contributed by atoms with van der Waals surface area (Å²) in [4.78, 5) is 13.2. The van der Waals surface area contributed by atoms with Gasteiger partial charge < -0.3 is 65.1 Å². The molecule has 0 saturated carbocycles. The summed E-state index contributed by atoms with van der Waals surface area (Å²) in [5.41, 5.74) is 0. The standard InChI is InChI=1S/C55H103NO13/c1-3-5-7-9-11-13-15-17-19-21-22-23-24-26-28-30-32-34-36-38-44(59)43(56-47(60)39-37-35-33-31-29-27-25-20-18-16-14-12-10-8-6-4-2)42-66-54-52(65)50(63)53(46(41-58)68-54)69-55-51(64)49(62)48(61)45(40-57)67-55/h28,30,36,38,43-46,48-55,57-59,61-65H,3-27,29,31-35,37,39-42H2,1-2H3,(H,56,60)/b30-28+,38-36+. The predicted molar refractivity (Wildman–Crippen MR) is 272 cm³/mol. The van der Waals surface area contributed by atoms with Crippen LogP contribution in [0, 0.1) is 0 Å². The number of ether oxygens (including phenoxy) is 4. The lowest BCUT2D eigenvalue weighted by molar-refractivity contribution is -0.359. The summed E-state index contributed by atoms with van der Waals surface area (Å²) in [6, 6.07) is -0.926. The molecule has 406 valence electrons. The van der Waals surface area contributed by atoms with Gasteiger partial charge in [0.1, 0.15) is 48.8 Å². The van der Waals surface area contributed by atoms with Crippen molar-refractivity contribution in [1.29, 1.82) is 0 Å². The van der Waals surface area contributed by atoms with E-state index in [1.807, 2.05) is 6.08 Å². The van der Waals surface area contributed by atoms with Crippen LogP contribution in [0.1, 0.15) is 226 Å². The van der Waals surface area contributed by atoms with E-state index in [1.54, 1.807) is 6.08 Å². The van der Waals surface area contributed by atoms with Crippen LogP contribution in [0.25, 0.3) is 0 Å². The van der Waals surface area contributed by atoms with Gasteiger partial charge in [-0.05, 0) is 32.1 Å². The van der Waals surface area contributed by atoms with Crippen LogP contribution in [-0.2, 0) is 23.7 Å². The summed E-state index contributed by atoms with van der Waals surface area (Å²) < 4.78 is 22.7. The molecule has 12 atom stereocenters. The van der Waals surface area contributed by atoms with Crippen molar-refractivity contribution in [2.75, 3.05) is 19.8 Å². The van der Waals surface area contributed by atoms with Gasteiger partial charge in [-0.15, -0.1) is 0 Å². The molecule has 2 aliphatic rings. The third-order valence-electron chi connectivity index (χ3n) is 13.9. The zero-order valence-corrected chi connectivity index (χ0v) is 43.3. The van der Waals surface area contributed by atoms with E-state index >= 15 is 0 Å². The molecule has 2 rings (SSSR count). The number of hydrogen-bond acceptors (Lipinski definition) is 13. The van der Waals surface area contributed by atoms with Gasteiger partial charge in [-0.3, -0.25) is 4.79 Å². The Balaban J connectivity index is 1.82. The third kappa shape index (κ3) is 28.5. The van der Waals surface area contributed by atoms with Gasteiger partial charge in [-0.1, -0.05) is 212 Å². The molecule has 14 nitrogen and oxygen atoms in total. The Bertz CT molecular complexity index is 1260. The number of carbonyl (C=O) groups excluding carboxylic acids is 1. The van der Waals surface area contributed by atoms with Crippen molar-refractivity contribution in [2.24, 2.45) is 0 Å². The normalized spacial score (nSPS) is 26.3.